The van der Waals surface area contributed by atoms with Crippen LogP contribution >= 0.6 is 15.9 Å². The Balaban J connectivity index is 1.58. The largest absolute Gasteiger partial charge is 0.376 e. The maximum absolute atomic E-state index is 12.2. The Labute approximate surface area is 144 Å². The molecule has 3 rings (SSSR count). The van der Waals surface area contributed by atoms with Gasteiger partial charge in [0.2, 0.25) is 5.91 Å². The summed E-state index contributed by atoms with van der Waals surface area (Å²) in [6.45, 7) is 2.25. The molecule has 0 aliphatic heterocycles. The van der Waals surface area contributed by atoms with E-state index in [1.807, 2.05) is 35.9 Å². The van der Waals surface area contributed by atoms with Crippen LogP contribution in [-0.4, -0.2) is 22.2 Å². The van der Waals surface area contributed by atoms with Gasteiger partial charge in [-0.1, -0.05) is 28.8 Å². The number of hydrogen-bond donors (Lipinski definition) is 2. The maximum atomic E-state index is 12.2. The van der Waals surface area contributed by atoms with Crippen LogP contribution in [0.4, 0.5) is 11.5 Å². The summed E-state index contributed by atoms with van der Waals surface area (Å²) < 4.78 is 2.99. The van der Waals surface area contributed by atoms with Crippen molar-refractivity contribution >= 4 is 33.3 Å². The lowest BCUT2D eigenvalue weighted by atomic mass is 10.2. The average molecular weight is 377 g/mol. The Bertz CT molecular complexity index is 692. The van der Waals surface area contributed by atoms with E-state index in [0.29, 0.717) is 6.04 Å². The van der Waals surface area contributed by atoms with Crippen molar-refractivity contribution < 1.29 is 4.79 Å². The maximum Gasteiger partial charge on any atom is 0.244 e. The van der Waals surface area contributed by atoms with Gasteiger partial charge < -0.3 is 10.6 Å². The van der Waals surface area contributed by atoms with Crippen molar-refractivity contribution in [3.63, 3.8) is 0 Å². The Morgan fingerprint density at radius 1 is 1.35 bits per heavy atom. The molecule has 122 valence electrons. The zero-order valence-corrected chi connectivity index (χ0v) is 14.8. The molecule has 2 N–H and O–H groups in total. The van der Waals surface area contributed by atoms with E-state index in [-0.39, 0.29) is 12.5 Å². The second kappa shape index (κ2) is 7.17. The van der Waals surface area contributed by atoms with Crippen LogP contribution < -0.4 is 10.6 Å². The molecule has 1 aromatic carbocycles. The number of nitrogens with one attached hydrogen (secondary N) is 2. The summed E-state index contributed by atoms with van der Waals surface area (Å²) in [6, 6.07) is 8.23. The SMILES string of the molecule is Cc1cc(Br)ccc1NCC(=O)Nc1ccnn1C1CCCC1. The van der Waals surface area contributed by atoms with Crippen molar-refractivity contribution in [2.24, 2.45) is 0 Å². The first-order valence-electron chi connectivity index (χ1n) is 7.97. The van der Waals surface area contributed by atoms with Crippen molar-refractivity contribution in [3.8, 4) is 0 Å². The van der Waals surface area contributed by atoms with Gasteiger partial charge in [0.05, 0.1) is 18.8 Å². The van der Waals surface area contributed by atoms with Gasteiger partial charge in [-0.05, 0) is 43.5 Å². The van der Waals surface area contributed by atoms with E-state index in [0.717, 1.165) is 34.4 Å². The minimum Gasteiger partial charge on any atom is -0.376 e. The minimum atomic E-state index is -0.0629. The number of halogens is 1. The highest BCUT2D eigenvalue weighted by molar-refractivity contribution is 9.10. The van der Waals surface area contributed by atoms with Crippen LogP contribution in [0.5, 0.6) is 0 Å². The molecule has 1 saturated carbocycles. The van der Waals surface area contributed by atoms with E-state index in [2.05, 4.69) is 31.7 Å². The zero-order chi connectivity index (χ0) is 16.2. The molecule has 1 heterocycles. The molecule has 6 heteroatoms. The molecular weight excluding hydrogens is 356 g/mol. The number of amides is 1. The van der Waals surface area contributed by atoms with E-state index in [9.17, 15) is 4.79 Å². The number of hydrogen-bond acceptors (Lipinski definition) is 3. The summed E-state index contributed by atoms with van der Waals surface area (Å²) in [5.41, 5.74) is 2.07. The molecule has 0 bridgehead atoms. The molecule has 0 saturated heterocycles. The van der Waals surface area contributed by atoms with Crippen LogP contribution in [-0.2, 0) is 4.79 Å². The van der Waals surface area contributed by atoms with Crippen molar-refractivity contribution in [2.45, 2.75) is 38.6 Å². The summed E-state index contributed by atoms with van der Waals surface area (Å²) in [7, 11) is 0. The zero-order valence-electron chi connectivity index (χ0n) is 13.2. The summed E-state index contributed by atoms with van der Waals surface area (Å²) in [5.74, 6) is 0.725. The first kappa shape index (κ1) is 16.1. The number of carbonyl (C=O) groups excluding carboxylic acids is 1. The van der Waals surface area contributed by atoms with E-state index >= 15 is 0 Å². The second-order valence-electron chi connectivity index (χ2n) is 5.96. The monoisotopic (exact) mass is 376 g/mol. The van der Waals surface area contributed by atoms with Gasteiger partial charge in [-0.15, -0.1) is 0 Å². The number of carbonyl (C=O) groups is 1. The van der Waals surface area contributed by atoms with Crippen molar-refractivity contribution in [1.29, 1.82) is 0 Å². The van der Waals surface area contributed by atoms with Crippen LogP contribution in [0.2, 0.25) is 0 Å². The van der Waals surface area contributed by atoms with Gasteiger partial charge in [0, 0.05) is 16.2 Å². The third kappa shape index (κ3) is 3.93. The van der Waals surface area contributed by atoms with Crippen LogP contribution in [0.3, 0.4) is 0 Å². The standard InChI is InChI=1S/C17H21BrN4O/c1-12-10-13(18)6-7-15(12)19-11-17(23)21-16-8-9-20-22(16)14-4-2-3-5-14/h6-10,14,19H,2-5,11H2,1H3,(H,21,23). The highest BCUT2D eigenvalue weighted by atomic mass is 79.9. The number of nitrogens with zero attached hydrogens (tertiary/aromatic N) is 2. The van der Waals surface area contributed by atoms with Gasteiger partial charge in [0.15, 0.2) is 0 Å². The molecule has 1 aliphatic rings. The molecule has 1 amide bonds. The number of rotatable bonds is 5. The molecule has 1 aliphatic carbocycles. The minimum absolute atomic E-state index is 0.0629. The van der Waals surface area contributed by atoms with Gasteiger partial charge in [-0.2, -0.15) is 5.10 Å². The Hall–Kier alpha value is -1.82. The third-order valence-corrected chi connectivity index (χ3v) is 4.73. The van der Waals surface area contributed by atoms with Gasteiger partial charge in [-0.3, -0.25) is 4.79 Å². The van der Waals surface area contributed by atoms with E-state index in [1.54, 1.807) is 6.20 Å². The van der Waals surface area contributed by atoms with Crippen LogP contribution in [0.25, 0.3) is 0 Å². The van der Waals surface area contributed by atoms with Gasteiger partial charge in [-0.25, -0.2) is 4.68 Å². The highest BCUT2D eigenvalue weighted by Gasteiger charge is 2.20. The first-order chi connectivity index (χ1) is 11.1. The fourth-order valence-corrected chi connectivity index (χ4v) is 3.52. The van der Waals surface area contributed by atoms with Gasteiger partial charge >= 0.3 is 0 Å². The summed E-state index contributed by atoms with van der Waals surface area (Å²) in [5, 5.41) is 10.5. The van der Waals surface area contributed by atoms with E-state index < -0.39 is 0 Å². The lowest BCUT2D eigenvalue weighted by molar-refractivity contribution is -0.114. The Morgan fingerprint density at radius 2 is 2.13 bits per heavy atom. The topological polar surface area (TPSA) is 59.0 Å². The van der Waals surface area contributed by atoms with Crippen molar-refractivity contribution in [2.75, 3.05) is 17.2 Å². The van der Waals surface area contributed by atoms with Crippen LogP contribution in [0.15, 0.2) is 34.9 Å². The molecule has 0 atom stereocenters. The van der Waals surface area contributed by atoms with Crippen LogP contribution in [0, 0.1) is 6.92 Å². The predicted molar refractivity (Wildman–Crippen MR) is 95.7 cm³/mol. The second-order valence-corrected chi connectivity index (χ2v) is 6.88. The third-order valence-electron chi connectivity index (χ3n) is 4.24. The summed E-state index contributed by atoms with van der Waals surface area (Å²) >= 11 is 3.44. The Kier molecular flexibility index (Phi) is 5.00. The molecule has 2 aromatic rings. The Morgan fingerprint density at radius 3 is 2.87 bits per heavy atom. The number of anilines is 2. The molecular formula is C17H21BrN4O. The fourth-order valence-electron chi connectivity index (χ4n) is 3.04. The number of aromatic nitrogens is 2. The molecule has 1 fully saturated rings. The number of benzene rings is 1. The lowest BCUT2D eigenvalue weighted by Crippen LogP contribution is -2.24. The van der Waals surface area contributed by atoms with E-state index in [4.69, 9.17) is 0 Å². The van der Waals surface area contributed by atoms with Crippen molar-refractivity contribution in [1.82, 2.24) is 9.78 Å². The quantitative estimate of drug-likeness (QED) is 0.824. The summed E-state index contributed by atoms with van der Waals surface area (Å²) in [4.78, 5) is 12.2. The molecule has 23 heavy (non-hydrogen) atoms. The normalized spacial score (nSPS) is 14.9. The number of aryl methyl sites for hydroxylation is 1. The van der Waals surface area contributed by atoms with Gasteiger partial charge in [0.1, 0.15) is 5.82 Å². The average Bonchev–Trinajstić information content (AvgIpc) is 3.17. The van der Waals surface area contributed by atoms with Crippen molar-refractivity contribution in [3.05, 3.63) is 40.5 Å². The fraction of sp³-hybridized carbons (Fsp3) is 0.412. The van der Waals surface area contributed by atoms with E-state index in [1.165, 1.54) is 12.8 Å². The predicted octanol–water partition coefficient (Wildman–Crippen LogP) is 4.12. The molecule has 0 spiro atoms. The lowest BCUT2D eigenvalue weighted by Gasteiger charge is -2.15. The first-order valence-corrected chi connectivity index (χ1v) is 8.76. The molecule has 0 radical (unpaired) electrons. The highest BCUT2D eigenvalue weighted by Crippen LogP contribution is 2.31. The molecule has 1 aromatic heterocycles. The molecule has 5 nitrogen and oxygen atoms in total. The summed E-state index contributed by atoms with van der Waals surface area (Å²) in [6.07, 6.45) is 6.51. The van der Waals surface area contributed by atoms with Gasteiger partial charge in [0.25, 0.3) is 0 Å². The molecule has 0 unspecified atom stereocenters. The smallest absolute Gasteiger partial charge is 0.244 e. The van der Waals surface area contributed by atoms with Crippen LogP contribution in [0.1, 0.15) is 37.3 Å².